The highest BCUT2D eigenvalue weighted by molar-refractivity contribution is 5.91. The topological polar surface area (TPSA) is 104 Å². The van der Waals surface area contributed by atoms with Gasteiger partial charge >= 0.3 is 17.9 Å². The third-order valence-corrected chi connectivity index (χ3v) is 4.08. The quantitative estimate of drug-likeness (QED) is 0.588. The summed E-state index contributed by atoms with van der Waals surface area (Å²) in [6, 6.07) is 1.85. The number of aromatic nitrogens is 1. The smallest absolute Gasteiger partial charge is 0.323 e. The van der Waals surface area contributed by atoms with Gasteiger partial charge in [0.1, 0.15) is 6.04 Å². The first-order valence-electron chi connectivity index (χ1n) is 8.12. The van der Waals surface area contributed by atoms with E-state index in [0.29, 0.717) is 5.56 Å². The normalized spacial score (nSPS) is 25.2. The third-order valence-electron chi connectivity index (χ3n) is 4.08. The Kier molecular flexibility index (Phi) is 6.46. The molecule has 136 valence electrons. The molecule has 2 heterocycles. The van der Waals surface area contributed by atoms with Gasteiger partial charge in [-0.05, 0) is 25.5 Å². The van der Waals surface area contributed by atoms with Crippen LogP contribution >= 0.6 is 0 Å². The second-order valence-electron chi connectivity index (χ2n) is 5.49. The van der Waals surface area contributed by atoms with Crippen molar-refractivity contribution in [3.05, 3.63) is 30.1 Å². The molecule has 1 saturated heterocycles. The first-order chi connectivity index (χ1) is 12.0. The first-order valence-corrected chi connectivity index (χ1v) is 8.12. The van der Waals surface area contributed by atoms with E-state index < -0.39 is 41.8 Å². The van der Waals surface area contributed by atoms with Gasteiger partial charge in [-0.15, -0.1) is 0 Å². The maximum Gasteiger partial charge on any atom is 0.323 e. The SMILES string of the molecule is CCOC(=O)[C@@H]1[C@H](C(=O)OCC)[C@H](c2cccnc2)N[C@@H]1C(=O)OC. The molecule has 1 fully saturated rings. The predicted octanol–water partition coefficient (Wildman–Crippen LogP) is 0.626. The number of rotatable bonds is 6. The molecule has 1 aromatic heterocycles. The van der Waals surface area contributed by atoms with Crippen LogP contribution in [0.1, 0.15) is 25.5 Å². The molecule has 0 aliphatic carbocycles. The van der Waals surface area contributed by atoms with Gasteiger partial charge < -0.3 is 14.2 Å². The summed E-state index contributed by atoms with van der Waals surface area (Å²) in [5.74, 6) is -3.83. The lowest BCUT2D eigenvalue weighted by Gasteiger charge is -2.22. The number of nitrogens with zero attached hydrogens (tertiary/aromatic N) is 1. The number of ether oxygens (including phenoxy) is 3. The minimum absolute atomic E-state index is 0.135. The lowest BCUT2D eigenvalue weighted by molar-refractivity contribution is -0.162. The van der Waals surface area contributed by atoms with Crippen LogP contribution in [0, 0.1) is 11.8 Å². The Balaban J connectivity index is 2.46. The molecule has 0 amide bonds. The molecule has 8 nitrogen and oxygen atoms in total. The van der Waals surface area contributed by atoms with Gasteiger partial charge in [0.25, 0.3) is 0 Å². The van der Waals surface area contributed by atoms with E-state index in [1.807, 2.05) is 0 Å². The molecule has 2 rings (SSSR count). The second kappa shape index (κ2) is 8.57. The van der Waals surface area contributed by atoms with Gasteiger partial charge in [0.05, 0.1) is 32.2 Å². The molecular formula is C17H22N2O6. The Labute approximate surface area is 145 Å². The minimum Gasteiger partial charge on any atom is -0.468 e. The van der Waals surface area contributed by atoms with E-state index in [1.165, 1.54) is 7.11 Å². The van der Waals surface area contributed by atoms with Gasteiger partial charge in [-0.25, -0.2) is 0 Å². The number of hydrogen-bond donors (Lipinski definition) is 1. The summed E-state index contributed by atoms with van der Waals surface area (Å²) in [5.41, 5.74) is 0.668. The molecule has 0 radical (unpaired) electrons. The summed E-state index contributed by atoms with van der Waals surface area (Å²) in [7, 11) is 1.23. The van der Waals surface area contributed by atoms with E-state index in [2.05, 4.69) is 10.3 Å². The fourth-order valence-corrected chi connectivity index (χ4v) is 3.06. The molecular weight excluding hydrogens is 328 g/mol. The Bertz CT molecular complexity index is 621. The highest BCUT2D eigenvalue weighted by atomic mass is 16.5. The van der Waals surface area contributed by atoms with E-state index in [4.69, 9.17) is 14.2 Å². The molecule has 4 atom stereocenters. The van der Waals surface area contributed by atoms with Crippen LogP contribution < -0.4 is 5.32 Å². The van der Waals surface area contributed by atoms with Crippen molar-refractivity contribution in [2.75, 3.05) is 20.3 Å². The Morgan fingerprint density at radius 3 is 2.24 bits per heavy atom. The number of carbonyl (C=O) groups is 3. The van der Waals surface area contributed by atoms with Gasteiger partial charge in [-0.2, -0.15) is 0 Å². The average molecular weight is 350 g/mol. The van der Waals surface area contributed by atoms with Crippen molar-refractivity contribution < 1.29 is 28.6 Å². The van der Waals surface area contributed by atoms with Crippen LogP contribution in [-0.4, -0.2) is 49.3 Å². The highest BCUT2D eigenvalue weighted by Gasteiger charge is 2.55. The fraction of sp³-hybridized carbons (Fsp3) is 0.529. The number of methoxy groups -OCH3 is 1. The molecule has 0 unspecified atom stereocenters. The fourth-order valence-electron chi connectivity index (χ4n) is 3.06. The molecule has 0 saturated carbocycles. The van der Waals surface area contributed by atoms with Crippen LogP contribution in [0.3, 0.4) is 0 Å². The average Bonchev–Trinajstić information content (AvgIpc) is 3.03. The molecule has 1 aromatic rings. The summed E-state index contributed by atoms with van der Waals surface area (Å²) < 4.78 is 15.0. The maximum atomic E-state index is 12.6. The largest absolute Gasteiger partial charge is 0.468 e. The summed E-state index contributed by atoms with van der Waals surface area (Å²) >= 11 is 0. The molecule has 8 heteroatoms. The van der Waals surface area contributed by atoms with Crippen molar-refractivity contribution in [3.8, 4) is 0 Å². The zero-order valence-corrected chi connectivity index (χ0v) is 14.4. The third kappa shape index (κ3) is 3.96. The maximum absolute atomic E-state index is 12.6. The van der Waals surface area contributed by atoms with Gasteiger partial charge in [0, 0.05) is 18.4 Å². The van der Waals surface area contributed by atoms with Crippen molar-refractivity contribution in [2.24, 2.45) is 11.8 Å². The summed E-state index contributed by atoms with van der Waals surface area (Å²) in [4.78, 5) is 41.3. The predicted molar refractivity (Wildman–Crippen MR) is 86.2 cm³/mol. The zero-order chi connectivity index (χ0) is 18.4. The van der Waals surface area contributed by atoms with E-state index in [-0.39, 0.29) is 13.2 Å². The number of pyridine rings is 1. The van der Waals surface area contributed by atoms with Gasteiger partial charge in [-0.3, -0.25) is 24.7 Å². The van der Waals surface area contributed by atoms with Crippen LogP contribution in [0.15, 0.2) is 24.5 Å². The van der Waals surface area contributed by atoms with E-state index >= 15 is 0 Å². The van der Waals surface area contributed by atoms with Crippen molar-refractivity contribution in [1.29, 1.82) is 0 Å². The Hall–Kier alpha value is -2.48. The van der Waals surface area contributed by atoms with E-state index in [1.54, 1.807) is 38.4 Å². The van der Waals surface area contributed by atoms with E-state index in [0.717, 1.165) is 0 Å². The molecule has 0 aromatic carbocycles. The van der Waals surface area contributed by atoms with Gasteiger partial charge in [0.15, 0.2) is 0 Å². The lowest BCUT2D eigenvalue weighted by Crippen LogP contribution is -2.42. The molecule has 25 heavy (non-hydrogen) atoms. The second-order valence-corrected chi connectivity index (χ2v) is 5.49. The van der Waals surface area contributed by atoms with Crippen molar-refractivity contribution in [1.82, 2.24) is 10.3 Å². The number of nitrogens with one attached hydrogen (secondary N) is 1. The van der Waals surface area contributed by atoms with E-state index in [9.17, 15) is 14.4 Å². The summed E-state index contributed by atoms with van der Waals surface area (Å²) in [6.07, 6.45) is 3.17. The lowest BCUT2D eigenvalue weighted by atomic mass is 9.84. The van der Waals surface area contributed by atoms with Crippen molar-refractivity contribution >= 4 is 17.9 Å². The molecule has 0 bridgehead atoms. The Morgan fingerprint density at radius 2 is 1.72 bits per heavy atom. The van der Waals surface area contributed by atoms with Crippen LogP contribution in [-0.2, 0) is 28.6 Å². The highest BCUT2D eigenvalue weighted by Crippen LogP contribution is 2.39. The number of hydrogen-bond acceptors (Lipinski definition) is 8. The molecule has 1 aliphatic heterocycles. The molecule has 0 spiro atoms. The van der Waals surface area contributed by atoms with Crippen molar-refractivity contribution in [3.63, 3.8) is 0 Å². The molecule has 1 N–H and O–H groups in total. The summed E-state index contributed by atoms with van der Waals surface area (Å²) in [6.45, 7) is 3.63. The molecule has 1 aliphatic rings. The van der Waals surface area contributed by atoms with Crippen LogP contribution in [0.2, 0.25) is 0 Å². The van der Waals surface area contributed by atoms with Gasteiger partial charge in [0.2, 0.25) is 0 Å². The zero-order valence-electron chi connectivity index (χ0n) is 14.4. The van der Waals surface area contributed by atoms with Crippen LogP contribution in [0.4, 0.5) is 0 Å². The minimum atomic E-state index is -1.04. The standard InChI is InChI=1S/C17H22N2O6/c1-4-24-15(20)11-12(16(21)25-5-2)14(17(22)23-3)19-13(11)10-7-6-8-18-9-10/h6-9,11-14,19H,4-5H2,1-3H3/t11-,12+,13-,14-/m0/s1. The van der Waals surface area contributed by atoms with Crippen molar-refractivity contribution in [2.45, 2.75) is 25.9 Å². The number of esters is 3. The monoisotopic (exact) mass is 350 g/mol. The first kappa shape index (κ1) is 18.9. The van der Waals surface area contributed by atoms with Crippen LogP contribution in [0.25, 0.3) is 0 Å². The van der Waals surface area contributed by atoms with Gasteiger partial charge in [-0.1, -0.05) is 6.07 Å². The van der Waals surface area contributed by atoms with Crippen LogP contribution in [0.5, 0.6) is 0 Å². The summed E-state index contributed by atoms with van der Waals surface area (Å²) in [5, 5.41) is 3.02. The number of carbonyl (C=O) groups excluding carboxylic acids is 3. The Morgan fingerprint density at radius 1 is 1.08 bits per heavy atom.